The summed E-state index contributed by atoms with van der Waals surface area (Å²) in [6.45, 7) is 0.825. The number of nitrogens with zero attached hydrogens (tertiary/aromatic N) is 2. The van der Waals surface area contributed by atoms with Gasteiger partial charge in [-0.1, -0.05) is 0 Å². The van der Waals surface area contributed by atoms with Gasteiger partial charge in [-0.2, -0.15) is 0 Å². The molecule has 1 unspecified atom stereocenters. The summed E-state index contributed by atoms with van der Waals surface area (Å²) in [5, 5.41) is 8.04. The summed E-state index contributed by atoms with van der Waals surface area (Å²) < 4.78 is 11.0. The van der Waals surface area contributed by atoms with Crippen molar-refractivity contribution in [2.24, 2.45) is 0 Å². The highest BCUT2D eigenvalue weighted by Crippen LogP contribution is 2.40. The summed E-state index contributed by atoms with van der Waals surface area (Å²) in [6, 6.07) is 0. The van der Waals surface area contributed by atoms with Crippen LogP contribution in [0.2, 0.25) is 0 Å². The van der Waals surface area contributed by atoms with Crippen LogP contribution in [0.4, 0.5) is 0 Å². The van der Waals surface area contributed by atoms with E-state index in [2.05, 4.69) is 10.2 Å². The maximum atomic E-state index is 5.54. The fraction of sp³-hybridized carbons (Fsp3) is 0.778. The maximum absolute atomic E-state index is 5.54. The van der Waals surface area contributed by atoms with Crippen molar-refractivity contribution in [3.8, 4) is 0 Å². The van der Waals surface area contributed by atoms with E-state index in [0.717, 1.165) is 25.3 Å². The first-order chi connectivity index (χ1) is 6.43. The Morgan fingerprint density at radius 3 is 2.62 bits per heavy atom. The Hall–Kier alpha value is -0.900. The number of hydrogen-bond donors (Lipinski definition) is 0. The standard InChI is InChI=1S/C9H12N2O2/c1-2-7(12-5-1)9-11-10-8(13-9)6-3-4-6/h6-7H,1-5H2. The van der Waals surface area contributed by atoms with E-state index in [-0.39, 0.29) is 6.10 Å². The van der Waals surface area contributed by atoms with Crippen molar-refractivity contribution in [2.75, 3.05) is 6.61 Å². The van der Waals surface area contributed by atoms with Crippen LogP contribution in [0.15, 0.2) is 4.42 Å². The molecule has 0 radical (unpaired) electrons. The van der Waals surface area contributed by atoms with Crippen molar-refractivity contribution in [2.45, 2.75) is 37.7 Å². The van der Waals surface area contributed by atoms with Crippen LogP contribution in [0.1, 0.15) is 49.5 Å². The lowest BCUT2D eigenvalue weighted by Gasteiger charge is -2.01. The topological polar surface area (TPSA) is 48.2 Å². The normalized spacial score (nSPS) is 28.2. The molecule has 0 N–H and O–H groups in total. The molecule has 3 rings (SSSR count). The average Bonchev–Trinajstić information content (AvgIpc) is 2.72. The third-order valence-corrected chi connectivity index (χ3v) is 2.59. The molecule has 1 aromatic heterocycles. The summed E-state index contributed by atoms with van der Waals surface area (Å²) in [5.41, 5.74) is 0. The second kappa shape index (κ2) is 2.80. The van der Waals surface area contributed by atoms with Gasteiger partial charge in [0.25, 0.3) is 0 Å². The molecule has 2 fully saturated rings. The summed E-state index contributed by atoms with van der Waals surface area (Å²) in [4.78, 5) is 0. The zero-order valence-electron chi connectivity index (χ0n) is 7.40. The molecule has 0 amide bonds. The third-order valence-electron chi connectivity index (χ3n) is 2.59. The fourth-order valence-electron chi connectivity index (χ4n) is 1.64. The molecule has 0 aromatic carbocycles. The molecule has 1 saturated heterocycles. The Morgan fingerprint density at radius 1 is 1.08 bits per heavy atom. The Bertz CT molecular complexity index is 300. The molecule has 1 aromatic rings. The van der Waals surface area contributed by atoms with E-state index in [9.17, 15) is 0 Å². The predicted octanol–water partition coefficient (Wildman–Crippen LogP) is 1.80. The summed E-state index contributed by atoms with van der Waals surface area (Å²) in [6.07, 6.45) is 4.60. The van der Waals surface area contributed by atoms with E-state index in [1.165, 1.54) is 12.8 Å². The molecule has 1 aliphatic carbocycles. The third kappa shape index (κ3) is 1.35. The van der Waals surface area contributed by atoms with Gasteiger partial charge in [0.05, 0.1) is 0 Å². The van der Waals surface area contributed by atoms with E-state index in [4.69, 9.17) is 9.15 Å². The summed E-state index contributed by atoms with van der Waals surface area (Å²) >= 11 is 0. The molecule has 2 heterocycles. The Labute approximate surface area is 76.3 Å². The van der Waals surface area contributed by atoms with Gasteiger partial charge in [0.2, 0.25) is 11.8 Å². The van der Waals surface area contributed by atoms with E-state index in [1.54, 1.807) is 0 Å². The van der Waals surface area contributed by atoms with Crippen molar-refractivity contribution < 1.29 is 9.15 Å². The van der Waals surface area contributed by atoms with Crippen LogP contribution >= 0.6 is 0 Å². The fourth-order valence-corrected chi connectivity index (χ4v) is 1.64. The Balaban J connectivity index is 1.79. The molecule has 1 saturated carbocycles. The minimum absolute atomic E-state index is 0.0694. The van der Waals surface area contributed by atoms with Crippen LogP contribution in [0.25, 0.3) is 0 Å². The molecule has 1 atom stereocenters. The van der Waals surface area contributed by atoms with Crippen LogP contribution in [0.3, 0.4) is 0 Å². The highest BCUT2D eigenvalue weighted by molar-refractivity contribution is 5.01. The molecular weight excluding hydrogens is 168 g/mol. The Kier molecular flexibility index (Phi) is 1.62. The smallest absolute Gasteiger partial charge is 0.245 e. The minimum Gasteiger partial charge on any atom is -0.422 e. The van der Waals surface area contributed by atoms with Crippen LogP contribution < -0.4 is 0 Å². The van der Waals surface area contributed by atoms with Crippen LogP contribution in [-0.4, -0.2) is 16.8 Å². The second-order valence-electron chi connectivity index (χ2n) is 3.75. The SMILES string of the molecule is C1COC(c2nnc(C3CC3)o2)C1. The van der Waals surface area contributed by atoms with Crippen molar-refractivity contribution >= 4 is 0 Å². The lowest BCUT2D eigenvalue weighted by molar-refractivity contribution is 0.0881. The van der Waals surface area contributed by atoms with Gasteiger partial charge in [-0.15, -0.1) is 10.2 Å². The largest absolute Gasteiger partial charge is 0.422 e. The number of hydrogen-bond acceptors (Lipinski definition) is 4. The molecule has 2 aliphatic rings. The van der Waals surface area contributed by atoms with Gasteiger partial charge in [-0.3, -0.25) is 0 Å². The Morgan fingerprint density at radius 2 is 1.92 bits per heavy atom. The van der Waals surface area contributed by atoms with E-state index in [1.807, 2.05) is 0 Å². The number of aromatic nitrogens is 2. The molecular formula is C9H12N2O2. The van der Waals surface area contributed by atoms with Gasteiger partial charge < -0.3 is 9.15 Å². The molecule has 1 aliphatic heterocycles. The maximum Gasteiger partial charge on any atom is 0.245 e. The summed E-state index contributed by atoms with van der Waals surface area (Å²) in [5.74, 6) is 2.03. The van der Waals surface area contributed by atoms with E-state index >= 15 is 0 Å². The van der Waals surface area contributed by atoms with E-state index in [0.29, 0.717) is 11.8 Å². The minimum atomic E-state index is 0.0694. The molecule has 0 bridgehead atoms. The van der Waals surface area contributed by atoms with Crippen molar-refractivity contribution in [1.82, 2.24) is 10.2 Å². The molecule has 0 spiro atoms. The van der Waals surface area contributed by atoms with Crippen molar-refractivity contribution in [3.05, 3.63) is 11.8 Å². The highest BCUT2D eigenvalue weighted by Gasteiger charge is 2.31. The van der Waals surface area contributed by atoms with Gasteiger partial charge in [0.1, 0.15) is 6.10 Å². The number of ether oxygens (including phenoxy) is 1. The average molecular weight is 180 g/mol. The zero-order chi connectivity index (χ0) is 8.67. The first kappa shape index (κ1) is 7.50. The molecule has 70 valence electrons. The first-order valence-corrected chi connectivity index (χ1v) is 4.88. The van der Waals surface area contributed by atoms with Gasteiger partial charge >= 0.3 is 0 Å². The monoisotopic (exact) mass is 180 g/mol. The van der Waals surface area contributed by atoms with Crippen LogP contribution in [-0.2, 0) is 4.74 Å². The van der Waals surface area contributed by atoms with Crippen LogP contribution in [0.5, 0.6) is 0 Å². The number of rotatable bonds is 2. The van der Waals surface area contributed by atoms with Gasteiger partial charge in [0.15, 0.2) is 0 Å². The molecule has 4 nitrogen and oxygen atoms in total. The molecule has 13 heavy (non-hydrogen) atoms. The van der Waals surface area contributed by atoms with Crippen molar-refractivity contribution in [1.29, 1.82) is 0 Å². The second-order valence-corrected chi connectivity index (χ2v) is 3.75. The summed E-state index contributed by atoms with van der Waals surface area (Å²) in [7, 11) is 0. The van der Waals surface area contributed by atoms with Crippen molar-refractivity contribution in [3.63, 3.8) is 0 Å². The zero-order valence-corrected chi connectivity index (χ0v) is 7.40. The van der Waals surface area contributed by atoms with Gasteiger partial charge in [-0.05, 0) is 25.7 Å². The first-order valence-electron chi connectivity index (χ1n) is 4.88. The quantitative estimate of drug-likeness (QED) is 0.696. The van der Waals surface area contributed by atoms with Gasteiger partial charge in [0, 0.05) is 12.5 Å². The van der Waals surface area contributed by atoms with Crippen LogP contribution in [0, 0.1) is 0 Å². The predicted molar refractivity (Wildman–Crippen MR) is 44.2 cm³/mol. The molecule has 4 heteroatoms. The lowest BCUT2D eigenvalue weighted by atomic mass is 10.2. The van der Waals surface area contributed by atoms with E-state index < -0.39 is 0 Å². The van der Waals surface area contributed by atoms with Gasteiger partial charge in [-0.25, -0.2) is 0 Å². The highest BCUT2D eigenvalue weighted by atomic mass is 16.5. The lowest BCUT2D eigenvalue weighted by Crippen LogP contribution is -1.95.